The summed E-state index contributed by atoms with van der Waals surface area (Å²) in [5.41, 5.74) is 2.02. The molecule has 16 heavy (non-hydrogen) atoms. The van der Waals surface area contributed by atoms with Crippen molar-refractivity contribution in [1.82, 2.24) is 9.97 Å². The van der Waals surface area contributed by atoms with E-state index in [1.54, 1.807) is 0 Å². The minimum Gasteiger partial charge on any atom is -0.341 e. The zero-order chi connectivity index (χ0) is 11.0. The van der Waals surface area contributed by atoms with E-state index in [-0.39, 0.29) is 5.92 Å². The van der Waals surface area contributed by atoms with Gasteiger partial charge in [-0.1, -0.05) is 42.6 Å². The standard InChI is InChI=1S/C13H9N2S/c16-12-8-4-1-5-9(12)13-14-10-6-2-3-7-11(10)15-13/h1-7,9H,(H,14,15). The van der Waals surface area contributed by atoms with E-state index in [2.05, 4.69) is 16.0 Å². The maximum absolute atomic E-state index is 5.26. The Hall–Kier alpha value is -1.74. The number of imidazole rings is 1. The van der Waals surface area contributed by atoms with Crippen molar-refractivity contribution in [1.29, 1.82) is 0 Å². The lowest BCUT2D eigenvalue weighted by atomic mass is 10.0. The largest absolute Gasteiger partial charge is 0.341 e. The SMILES string of the molecule is S=C1[C]=CC=CC1c1nc2ccccc2[nH]1. The van der Waals surface area contributed by atoms with Gasteiger partial charge in [0.05, 0.1) is 17.0 Å². The summed E-state index contributed by atoms with van der Waals surface area (Å²) >= 11 is 5.26. The summed E-state index contributed by atoms with van der Waals surface area (Å²) in [6, 6.07) is 7.98. The van der Waals surface area contributed by atoms with Crippen LogP contribution in [0.15, 0.2) is 42.5 Å². The van der Waals surface area contributed by atoms with Crippen LogP contribution in [-0.4, -0.2) is 14.8 Å². The highest BCUT2D eigenvalue weighted by atomic mass is 32.1. The third-order valence-corrected chi connectivity index (χ3v) is 2.98. The highest BCUT2D eigenvalue weighted by Gasteiger charge is 2.17. The minimum absolute atomic E-state index is 0.0485. The van der Waals surface area contributed by atoms with Crippen LogP contribution >= 0.6 is 12.2 Å². The number of allylic oxidation sites excluding steroid dienone is 4. The van der Waals surface area contributed by atoms with Crippen LogP contribution in [0.1, 0.15) is 11.7 Å². The molecule has 1 radical (unpaired) electrons. The molecule has 1 heterocycles. The fourth-order valence-corrected chi connectivity index (χ4v) is 2.07. The molecule has 0 amide bonds. The lowest BCUT2D eigenvalue weighted by molar-refractivity contribution is 1.01. The van der Waals surface area contributed by atoms with Crippen LogP contribution in [0.5, 0.6) is 0 Å². The Morgan fingerprint density at radius 3 is 3.00 bits per heavy atom. The van der Waals surface area contributed by atoms with Gasteiger partial charge in [0.2, 0.25) is 0 Å². The van der Waals surface area contributed by atoms with E-state index in [1.165, 1.54) is 0 Å². The Balaban J connectivity index is 2.09. The number of rotatable bonds is 1. The molecular weight excluding hydrogens is 216 g/mol. The van der Waals surface area contributed by atoms with Crippen molar-refractivity contribution in [2.75, 3.05) is 0 Å². The zero-order valence-electron chi connectivity index (χ0n) is 8.47. The van der Waals surface area contributed by atoms with E-state index in [4.69, 9.17) is 12.2 Å². The van der Waals surface area contributed by atoms with Gasteiger partial charge in [-0.15, -0.1) is 0 Å². The van der Waals surface area contributed by atoms with Crippen molar-refractivity contribution in [3.05, 3.63) is 54.4 Å². The molecule has 1 aromatic heterocycles. The number of aromatic amines is 1. The summed E-state index contributed by atoms with van der Waals surface area (Å²) in [7, 11) is 0. The van der Waals surface area contributed by atoms with Gasteiger partial charge in [-0.3, -0.25) is 0 Å². The van der Waals surface area contributed by atoms with Crippen LogP contribution in [0.25, 0.3) is 11.0 Å². The topological polar surface area (TPSA) is 28.7 Å². The zero-order valence-corrected chi connectivity index (χ0v) is 9.29. The Kier molecular flexibility index (Phi) is 2.18. The molecule has 2 aromatic rings. The number of hydrogen-bond donors (Lipinski definition) is 1. The Morgan fingerprint density at radius 1 is 1.31 bits per heavy atom. The highest BCUT2D eigenvalue weighted by molar-refractivity contribution is 7.80. The average molecular weight is 225 g/mol. The fraction of sp³-hybridized carbons (Fsp3) is 0.0769. The van der Waals surface area contributed by atoms with Crippen LogP contribution in [0, 0.1) is 6.08 Å². The van der Waals surface area contributed by atoms with Gasteiger partial charge >= 0.3 is 0 Å². The number of fused-ring (bicyclic) bond motifs is 1. The lowest BCUT2D eigenvalue weighted by Gasteiger charge is -2.10. The number of aromatic nitrogens is 2. The van der Waals surface area contributed by atoms with Gasteiger partial charge in [-0.05, 0) is 18.2 Å². The van der Waals surface area contributed by atoms with Crippen molar-refractivity contribution < 1.29 is 0 Å². The molecule has 1 N–H and O–H groups in total. The molecule has 2 nitrogen and oxygen atoms in total. The summed E-state index contributed by atoms with van der Waals surface area (Å²) in [6.45, 7) is 0. The molecule has 0 saturated heterocycles. The van der Waals surface area contributed by atoms with Crippen LogP contribution < -0.4 is 0 Å². The van der Waals surface area contributed by atoms with Crippen molar-refractivity contribution in [3.63, 3.8) is 0 Å². The number of hydrogen-bond acceptors (Lipinski definition) is 2. The monoisotopic (exact) mass is 225 g/mol. The van der Waals surface area contributed by atoms with Crippen LogP contribution in [-0.2, 0) is 0 Å². The van der Waals surface area contributed by atoms with Crippen molar-refractivity contribution in [2.45, 2.75) is 5.92 Å². The molecule has 0 fully saturated rings. The first kappa shape index (κ1) is 9.48. The summed E-state index contributed by atoms with van der Waals surface area (Å²) < 4.78 is 0. The number of para-hydroxylation sites is 2. The first-order chi connectivity index (χ1) is 7.84. The first-order valence-electron chi connectivity index (χ1n) is 5.09. The third kappa shape index (κ3) is 1.49. The molecule has 77 valence electrons. The molecule has 0 aliphatic heterocycles. The Morgan fingerprint density at radius 2 is 2.19 bits per heavy atom. The van der Waals surface area contributed by atoms with Crippen LogP contribution in [0.3, 0.4) is 0 Å². The Bertz CT molecular complexity index is 574. The maximum atomic E-state index is 5.26. The van der Waals surface area contributed by atoms with Gasteiger partial charge in [-0.2, -0.15) is 0 Å². The number of thiocarbonyl (C=S) groups is 1. The van der Waals surface area contributed by atoms with Crippen LogP contribution in [0.2, 0.25) is 0 Å². The number of H-pyrrole nitrogens is 1. The minimum atomic E-state index is 0.0485. The molecule has 0 saturated carbocycles. The van der Waals surface area contributed by atoms with Gasteiger partial charge in [0, 0.05) is 4.86 Å². The van der Waals surface area contributed by atoms with E-state index in [9.17, 15) is 0 Å². The smallest absolute Gasteiger partial charge is 0.119 e. The first-order valence-corrected chi connectivity index (χ1v) is 5.50. The van der Waals surface area contributed by atoms with E-state index < -0.39 is 0 Å². The van der Waals surface area contributed by atoms with E-state index in [0.717, 1.165) is 21.7 Å². The lowest BCUT2D eigenvalue weighted by Crippen LogP contribution is -2.09. The summed E-state index contributed by atoms with van der Waals surface area (Å²) in [5, 5.41) is 0. The summed E-state index contributed by atoms with van der Waals surface area (Å²) in [6.07, 6.45) is 8.86. The predicted octanol–water partition coefficient (Wildman–Crippen LogP) is 2.95. The third-order valence-electron chi connectivity index (χ3n) is 2.61. The number of nitrogens with one attached hydrogen (secondary N) is 1. The molecular formula is C13H9N2S. The second-order valence-corrected chi connectivity index (χ2v) is 4.12. The van der Waals surface area contributed by atoms with Crippen molar-refractivity contribution >= 4 is 28.1 Å². The second-order valence-electron chi connectivity index (χ2n) is 3.68. The normalized spacial score (nSPS) is 19.5. The highest BCUT2D eigenvalue weighted by Crippen LogP contribution is 2.22. The number of benzene rings is 1. The van der Waals surface area contributed by atoms with E-state index >= 15 is 0 Å². The molecule has 1 atom stereocenters. The second kappa shape index (κ2) is 3.68. The molecule has 1 aromatic carbocycles. The molecule has 3 rings (SSSR count). The average Bonchev–Trinajstić information content (AvgIpc) is 2.73. The van der Waals surface area contributed by atoms with E-state index in [1.807, 2.05) is 42.5 Å². The fourth-order valence-electron chi connectivity index (χ4n) is 1.81. The molecule has 1 unspecified atom stereocenters. The Labute approximate surface area is 98.7 Å². The van der Waals surface area contributed by atoms with Gasteiger partial charge in [0.25, 0.3) is 0 Å². The number of nitrogens with zero attached hydrogens (tertiary/aromatic N) is 1. The summed E-state index contributed by atoms with van der Waals surface area (Å²) in [5.74, 6) is 0.940. The quantitative estimate of drug-likeness (QED) is 0.756. The van der Waals surface area contributed by atoms with Crippen molar-refractivity contribution in [2.24, 2.45) is 0 Å². The summed E-state index contributed by atoms with van der Waals surface area (Å²) in [4.78, 5) is 8.61. The maximum Gasteiger partial charge on any atom is 0.119 e. The molecule has 0 spiro atoms. The van der Waals surface area contributed by atoms with Crippen LogP contribution in [0.4, 0.5) is 0 Å². The molecule has 1 aliphatic rings. The van der Waals surface area contributed by atoms with Gasteiger partial charge in [-0.25, -0.2) is 4.98 Å². The predicted molar refractivity (Wildman–Crippen MR) is 68.4 cm³/mol. The van der Waals surface area contributed by atoms with Gasteiger partial charge in [0.15, 0.2) is 0 Å². The van der Waals surface area contributed by atoms with Gasteiger partial charge < -0.3 is 4.98 Å². The van der Waals surface area contributed by atoms with Gasteiger partial charge in [0.1, 0.15) is 5.82 Å². The molecule has 1 aliphatic carbocycles. The molecule has 3 heteroatoms. The van der Waals surface area contributed by atoms with Crippen molar-refractivity contribution in [3.8, 4) is 0 Å². The molecule has 0 bridgehead atoms. The van der Waals surface area contributed by atoms with E-state index in [0.29, 0.717) is 0 Å².